The SMILES string of the molecule is O=C1CCCN1c1nc(CC(=O)N2CCCCC2C2OCCO2)cs1. The van der Waals surface area contributed by atoms with Gasteiger partial charge in [-0.2, -0.15) is 0 Å². The van der Waals surface area contributed by atoms with Crippen LogP contribution >= 0.6 is 11.3 Å². The Morgan fingerprint density at radius 2 is 2.08 bits per heavy atom. The second-order valence-electron chi connectivity index (χ2n) is 6.71. The molecule has 0 spiro atoms. The Balaban J connectivity index is 1.42. The number of rotatable bonds is 4. The minimum Gasteiger partial charge on any atom is -0.348 e. The van der Waals surface area contributed by atoms with Gasteiger partial charge in [0.1, 0.15) is 0 Å². The molecule has 3 aliphatic heterocycles. The first-order valence-electron chi connectivity index (χ1n) is 9.00. The molecule has 0 N–H and O–H groups in total. The van der Waals surface area contributed by atoms with Gasteiger partial charge in [0.2, 0.25) is 11.8 Å². The monoisotopic (exact) mass is 365 g/mol. The number of hydrogen-bond donors (Lipinski definition) is 0. The van der Waals surface area contributed by atoms with Crippen LogP contribution in [0, 0.1) is 0 Å². The molecular weight excluding hydrogens is 342 g/mol. The van der Waals surface area contributed by atoms with Gasteiger partial charge in [0, 0.05) is 24.9 Å². The van der Waals surface area contributed by atoms with Crippen LogP contribution in [0.1, 0.15) is 37.8 Å². The van der Waals surface area contributed by atoms with E-state index in [2.05, 4.69) is 4.98 Å². The zero-order chi connectivity index (χ0) is 17.2. The lowest BCUT2D eigenvalue weighted by molar-refractivity contribution is -0.150. The molecule has 8 heteroatoms. The average Bonchev–Trinajstić information content (AvgIpc) is 3.36. The highest BCUT2D eigenvalue weighted by Gasteiger charge is 2.36. The molecule has 1 aromatic heterocycles. The number of likely N-dealkylation sites (tertiary alicyclic amines) is 1. The van der Waals surface area contributed by atoms with Crippen molar-refractivity contribution in [1.82, 2.24) is 9.88 Å². The molecule has 3 saturated heterocycles. The van der Waals surface area contributed by atoms with E-state index in [1.54, 1.807) is 4.90 Å². The number of piperidine rings is 1. The number of carbonyl (C=O) groups excluding carboxylic acids is 2. The van der Waals surface area contributed by atoms with Crippen molar-refractivity contribution < 1.29 is 19.1 Å². The van der Waals surface area contributed by atoms with Crippen LogP contribution in [0.25, 0.3) is 0 Å². The highest BCUT2D eigenvalue weighted by Crippen LogP contribution is 2.28. The third kappa shape index (κ3) is 3.56. The Labute approximate surface area is 150 Å². The predicted molar refractivity (Wildman–Crippen MR) is 92.4 cm³/mol. The van der Waals surface area contributed by atoms with Gasteiger partial charge in [-0.25, -0.2) is 4.98 Å². The minimum atomic E-state index is -0.294. The fraction of sp³-hybridized carbons (Fsp3) is 0.706. The number of thiazole rings is 1. The Hall–Kier alpha value is -1.51. The van der Waals surface area contributed by atoms with Gasteiger partial charge >= 0.3 is 0 Å². The number of amides is 2. The van der Waals surface area contributed by atoms with Crippen LogP contribution in [-0.4, -0.2) is 60.3 Å². The number of anilines is 1. The Morgan fingerprint density at radius 1 is 1.24 bits per heavy atom. The van der Waals surface area contributed by atoms with Crippen molar-refractivity contribution in [1.29, 1.82) is 0 Å². The van der Waals surface area contributed by atoms with E-state index in [0.717, 1.165) is 44.5 Å². The maximum Gasteiger partial charge on any atom is 0.229 e. The van der Waals surface area contributed by atoms with Crippen LogP contribution in [0.15, 0.2) is 5.38 Å². The molecule has 4 rings (SSSR count). The molecule has 2 amide bonds. The van der Waals surface area contributed by atoms with Crippen LogP contribution in [0.5, 0.6) is 0 Å². The number of nitrogens with zero attached hydrogens (tertiary/aromatic N) is 3. The summed E-state index contributed by atoms with van der Waals surface area (Å²) in [6, 6.07) is 0.00187. The van der Waals surface area contributed by atoms with Gasteiger partial charge in [-0.15, -0.1) is 11.3 Å². The normalized spacial score (nSPS) is 25.1. The summed E-state index contributed by atoms with van der Waals surface area (Å²) in [4.78, 5) is 32.8. The summed E-state index contributed by atoms with van der Waals surface area (Å²) in [6.07, 6.45) is 4.46. The number of hydrogen-bond acceptors (Lipinski definition) is 6. The van der Waals surface area contributed by atoms with Gasteiger partial charge < -0.3 is 14.4 Å². The average molecular weight is 365 g/mol. The van der Waals surface area contributed by atoms with E-state index in [0.29, 0.717) is 24.8 Å². The maximum absolute atomic E-state index is 12.8. The van der Waals surface area contributed by atoms with E-state index < -0.39 is 0 Å². The molecular formula is C17H23N3O4S. The molecule has 1 atom stereocenters. The van der Waals surface area contributed by atoms with Crippen LogP contribution in [0.4, 0.5) is 5.13 Å². The molecule has 0 bridgehead atoms. The largest absolute Gasteiger partial charge is 0.348 e. The molecule has 3 fully saturated rings. The Morgan fingerprint density at radius 3 is 2.84 bits per heavy atom. The van der Waals surface area contributed by atoms with E-state index in [1.807, 2.05) is 10.3 Å². The summed E-state index contributed by atoms with van der Waals surface area (Å²) in [6.45, 7) is 2.67. The van der Waals surface area contributed by atoms with Crippen molar-refractivity contribution in [2.45, 2.75) is 50.9 Å². The number of ether oxygens (including phenoxy) is 2. The van der Waals surface area contributed by atoms with Gasteiger partial charge in [-0.1, -0.05) is 0 Å². The lowest BCUT2D eigenvalue weighted by Gasteiger charge is -2.38. The van der Waals surface area contributed by atoms with Crippen LogP contribution in [0.2, 0.25) is 0 Å². The first-order valence-corrected chi connectivity index (χ1v) is 9.88. The molecule has 0 radical (unpaired) electrons. The first kappa shape index (κ1) is 16.9. The van der Waals surface area contributed by atoms with Gasteiger partial charge in [0.05, 0.1) is 31.4 Å². The standard InChI is InChI=1S/C17H23N3O4S/c21-14-5-3-7-20(14)17-18-12(11-25-17)10-15(22)19-6-2-1-4-13(19)16-23-8-9-24-16/h11,13,16H,1-10H2. The summed E-state index contributed by atoms with van der Waals surface area (Å²) in [7, 11) is 0. The highest BCUT2D eigenvalue weighted by molar-refractivity contribution is 7.14. The van der Waals surface area contributed by atoms with Crippen LogP contribution < -0.4 is 4.90 Å². The molecule has 1 aromatic rings. The van der Waals surface area contributed by atoms with Gasteiger partial charge in [-0.3, -0.25) is 14.5 Å². The smallest absolute Gasteiger partial charge is 0.229 e. The molecule has 0 saturated carbocycles. The minimum absolute atomic E-state index is 0.00187. The first-order chi connectivity index (χ1) is 12.2. The van der Waals surface area contributed by atoms with E-state index in [1.165, 1.54) is 11.3 Å². The number of aromatic nitrogens is 1. The summed E-state index contributed by atoms with van der Waals surface area (Å²) in [5, 5.41) is 2.60. The van der Waals surface area contributed by atoms with E-state index in [-0.39, 0.29) is 30.6 Å². The molecule has 7 nitrogen and oxygen atoms in total. The molecule has 0 aromatic carbocycles. The van der Waals surface area contributed by atoms with E-state index in [4.69, 9.17) is 9.47 Å². The second kappa shape index (κ2) is 7.39. The van der Waals surface area contributed by atoms with Crippen molar-refractivity contribution in [3.05, 3.63) is 11.1 Å². The quantitative estimate of drug-likeness (QED) is 0.810. The zero-order valence-corrected chi connectivity index (χ0v) is 15.0. The van der Waals surface area contributed by atoms with Gasteiger partial charge in [0.15, 0.2) is 11.4 Å². The van der Waals surface area contributed by atoms with Crippen LogP contribution in [0.3, 0.4) is 0 Å². The molecule has 136 valence electrons. The third-order valence-electron chi connectivity index (χ3n) is 5.01. The van der Waals surface area contributed by atoms with Crippen molar-refractivity contribution >= 4 is 28.3 Å². The predicted octanol–water partition coefficient (Wildman–Crippen LogP) is 1.57. The Kier molecular flexibility index (Phi) is 5.00. The van der Waals surface area contributed by atoms with Crippen molar-refractivity contribution in [3.8, 4) is 0 Å². The molecule has 0 aliphatic carbocycles. The summed E-state index contributed by atoms with van der Waals surface area (Å²) in [5.74, 6) is 0.187. The molecule has 25 heavy (non-hydrogen) atoms. The summed E-state index contributed by atoms with van der Waals surface area (Å²) in [5.41, 5.74) is 0.738. The second-order valence-corrected chi connectivity index (χ2v) is 7.54. The van der Waals surface area contributed by atoms with Gasteiger partial charge in [0.25, 0.3) is 0 Å². The highest BCUT2D eigenvalue weighted by atomic mass is 32.1. The topological polar surface area (TPSA) is 72.0 Å². The summed E-state index contributed by atoms with van der Waals surface area (Å²) >= 11 is 1.44. The maximum atomic E-state index is 12.8. The van der Waals surface area contributed by atoms with E-state index >= 15 is 0 Å². The molecule has 3 aliphatic rings. The lowest BCUT2D eigenvalue weighted by atomic mass is 10.0. The fourth-order valence-corrected chi connectivity index (χ4v) is 4.62. The van der Waals surface area contributed by atoms with Crippen molar-refractivity contribution in [3.63, 3.8) is 0 Å². The van der Waals surface area contributed by atoms with E-state index in [9.17, 15) is 9.59 Å². The Bertz CT molecular complexity index is 644. The zero-order valence-electron chi connectivity index (χ0n) is 14.2. The third-order valence-corrected chi connectivity index (χ3v) is 5.92. The van der Waals surface area contributed by atoms with Crippen molar-refractivity contribution in [2.24, 2.45) is 0 Å². The molecule has 4 heterocycles. The van der Waals surface area contributed by atoms with Gasteiger partial charge in [-0.05, 0) is 25.7 Å². The number of carbonyl (C=O) groups is 2. The van der Waals surface area contributed by atoms with Crippen LogP contribution in [-0.2, 0) is 25.5 Å². The molecule has 1 unspecified atom stereocenters. The lowest BCUT2D eigenvalue weighted by Crippen LogP contribution is -2.50. The summed E-state index contributed by atoms with van der Waals surface area (Å²) < 4.78 is 11.3. The van der Waals surface area contributed by atoms with Crippen molar-refractivity contribution in [2.75, 3.05) is 31.2 Å². The fourth-order valence-electron chi connectivity index (χ4n) is 3.76.